The van der Waals surface area contributed by atoms with Crippen LogP contribution in [0.5, 0.6) is 0 Å². The van der Waals surface area contributed by atoms with Crippen LogP contribution < -0.4 is 0 Å². The third-order valence-electron chi connectivity index (χ3n) is 11.2. The molecule has 0 aromatic heterocycles. The molecule has 0 radical (unpaired) electrons. The van der Waals surface area contributed by atoms with Crippen molar-refractivity contribution in [3.8, 4) is 0 Å². The summed E-state index contributed by atoms with van der Waals surface area (Å²) in [7, 11) is 4.94. The standard InChI is InChI=1S/C30H56N2/c1-5-24-11-15-27(16-12-24)31(3)29-19-21-30(22-20-29)32(4)28-17-13-26(14-18-28)23(2)25-9-7-6-8-10-25/h23-30H,5-22H2,1-4H3. The summed E-state index contributed by atoms with van der Waals surface area (Å²) in [6.07, 6.45) is 26.5. The Hall–Kier alpha value is -0.0800. The maximum atomic E-state index is 2.85. The normalized spacial score (nSPS) is 38.8. The van der Waals surface area contributed by atoms with Gasteiger partial charge in [0, 0.05) is 24.2 Å². The van der Waals surface area contributed by atoms with Crippen LogP contribution in [-0.2, 0) is 0 Å². The van der Waals surface area contributed by atoms with Crippen molar-refractivity contribution in [2.45, 2.75) is 154 Å². The minimum atomic E-state index is 0.854. The Balaban J connectivity index is 1.17. The van der Waals surface area contributed by atoms with Crippen molar-refractivity contribution in [2.24, 2.45) is 23.7 Å². The third-order valence-corrected chi connectivity index (χ3v) is 11.2. The van der Waals surface area contributed by atoms with E-state index in [0.29, 0.717) is 0 Å². The largest absolute Gasteiger partial charge is 0.300 e. The summed E-state index contributed by atoms with van der Waals surface area (Å²) >= 11 is 0. The molecule has 32 heavy (non-hydrogen) atoms. The summed E-state index contributed by atoms with van der Waals surface area (Å²) in [5.41, 5.74) is 0. The molecule has 0 aliphatic heterocycles. The van der Waals surface area contributed by atoms with Crippen LogP contribution in [0.1, 0.15) is 129 Å². The van der Waals surface area contributed by atoms with E-state index in [1.807, 2.05) is 0 Å². The molecule has 0 aromatic carbocycles. The number of nitrogens with zero attached hydrogens (tertiary/aromatic N) is 2. The fourth-order valence-corrected chi connectivity index (χ4v) is 8.51. The van der Waals surface area contributed by atoms with Crippen LogP contribution in [0.25, 0.3) is 0 Å². The van der Waals surface area contributed by atoms with Gasteiger partial charge in [0.1, 0.15) is 0 Å². The molecular weight excluding hydrogens is 388 g/mol. The fraction of sp³-hybridized carbons (Fsp3) is 1.00. The summed E-state index contributed by atoms with van der Waals surface area (Å²) in [6, 6.07) is 3.45. The summed E-state index contributed by atoms with van der Waals surface area (Å²) < 4.78 is 0. The number of rotatable bonds is 7. The Labute approximate surface area is 201 Å². The second kappa shape index (κ2) is 12.1. The Morgan fingerprint density at radius 1 is 0.531 bits per heavy atom. The van der Waals surface area contributed by atoms with Gasteiger partial charge in [-0.2, -0.15) is 0 Å². The van der Waals surface area contributed by atoms with E-state index in [2.05, 4.69) is 37.7 Å². The molecule has 4 aliphatic carbocycles. The molecule has 2 heteroatoms. The first-order valence-corrected chi connectivity index (χ1v) is 15.0. The summed E-state index contributed by atoms with van der Waals surface area (Å²) in [5, 5.41) is 0. The highest BCUT2D eigenvalue weighted by atomic mass is 15.2. The Morgan fingerprint density at radius 2 is 0.906 bits per heavy atom. The van der Waals surface area contributed by atoms with Gasteiger partial charge in [0.2, 0.25) is 0 Å². The second-order valence-corrected chi connectivity index (χ2v) is 12.7. The molecule has 4 aliphatic rings. The molecule has 1 atom stereocenters. The maximum absolute atomic E-state index is 2.85. The van der Waals surface area contributed by atoms with Crippen LogP contribution in [-0.4, -0.2) is 48.1 Å². The summed E-state index contributed by atoms with van der Waals surface area (Å²) in [5.74, 6) is 4.08. The van der Waals surface area contributed by atoms with Gasteiger partial charge in [-0.05, 0) is 115 Å². The first-order valence-electron chi connectivity index (χ1n) is 15.0. The van der Waals surface area contributed by atoms with Crippen molar-refractivity contribution >= 4 is 0 Å². The zero-order valence-electron chi connectivity index (χ0n) is 22.2. The van der Waals surface area contributed by atoms with E-state index < -0.39 is 0 Å². The lowest BCUT2D eigenvalue weighted by atomic mass is 9.69. The molecule has 0 bridgehead atoms. The predicted octanol–water partition coefficient (Wildman–Crippen LogP) is 7.91. The summed E-state index contributed by atoms with van der Waals surface area (Å²) in [4.78, 5) is 5.67. The molecule has 4 saturated carbocycles. The van der Waals surface area contributed by atoms with E-state index in [4.69, 9.17) is 0 Å². The van der Waals surface area contributed by atoms with Crippen LogP contribution in [0.4, 0.5) is 0 Å². The molecule has 0 N–H and O–H groups in total. The van der Waals surface area contributed by atoms with Crippen molar-refractivity contribution in [3.63, 3.8) is 0 Å². The molecule has 2 nitrogen and oxygen atoms in total. The first kappa shape index (κ1) is 25.0. The van der Waals surface area contributed by atoms with Gasteiger partial charge in [-0.3, -0.25) is 0 Å². The highest BCUT2D eigenvalue weighted by Gasteiger charge is 2.35. The fourth-order valence-electron chi connectivity index (χ4n) is 8.51. The molecule has 0 saturated heterocycles. The molecule has 4 fully saturated rings. The zero-order valence-corrected chi connectivity index (χ0v) is 22.2. The number of hydrogen-bond acceptors (Lipinski definition) is 2. The van der Waals surface area contributed by atoms with E-state index in [-0.39, 0.29) is 0 Å². The first-order chi connectivity index (χ1) is 15.6. The molecule has 0 spiro atoms. The van der Waals surface area contributed by atoms with E-state index in [0.717, 1.165) is 47.8 Å². The topological polar surface area (TPSA) is 6.48 Å². The lowest BCUT2D eigenvalue weighted by molar-refractivity contribution is 0.0440. The zero-order chi connectivity index (χ0) is 22.5. The minimum Gasteiger partial charge on any atom is -0.300 e. The maximum Gasteiger partial charge on any atom is 0.00963 e. The lowest BCUT2D eigenvalue weighted by Gasteiger charge is -2.46. The molecule has 186 valence electrons. The predicted molar refractivity (Wildman–Crippen MR) is 139 cm³/mol. The van der Waals surface area contributed by atoms with Gasteiger partial charge in [0.05, 0.1) is 0 Å². The third kappa shape index (κ3) is 6.12. The van der Waals surface area contributed by atoms with E-state index in [9.17, 15) is 0 Å². The van der Waals surface area contributed by atoms with Crippen molar-refractivity contribution in [1.29, 1.82) is 0 Å². The van der Waals surface area contributed by atoms with Crippen LogP contribution in [0.2, 0.25) is 0 Å². The summed E-state index contributed by atoms with van der Waals surface area (Å²) in [6.45, 7) is 4.99. The minimum absolute atomic E-state index is 0.854. The van der Waals surface area contributed by atoms with Crippen LogP contribution >= 0.6 is 0 Å². The number of hydrogen-bond donors (Lipinski definition) is 0. The van der Waals surface area contributed by atoms with Gasteiger partial charge in [0.25, 0.3) is 0 Å². The quantitative estimate of drug-likeness (QED) is 0.393. The van der Waals surface area contributed by atoms with Gasteiger partial charge in [-0.1, -0.05) is 52.4 Å². The van der Waals surface area contributed by atoms with Crippen LogP contribution in [0.3, 0.4) is 0 Å². The van der Waals surface area contributed by atoms with E-state index in [1.165, 1.54) is 116 Å². The van der Waals surface area contributed by atoms with E-state index in [1.54, 1.807) is 0 Å². The highest BCUT2D eigenvalue weighted by molar-refractivity contribution is 4.90. The van der Waals surface area contributed by atoms with Crippen molar-refractivity contribution in [3.05, 3.63) is 0 Å². The van der Waals surface area contributed by atoms with Gasteiger partial charge in [-0.15, -0.1) is 0 Å². The molecule has 1 unspecified atom stereocenters. The SMILES string of the molecule is CCC1CCC(N(C)C2CCC(N(C)C3CCC(C(C)C4CCCCC4)CC3)CC2)CC1. The Kier molecular flexibility index (Phi) is 9.43. The Morgan fingerprint density at radius 3 is 1.34 bits per heavy atom. The van der Waals surface area contributed by atoms with Crippen LogP contribution in [0, 0.1) is 23.7 Å². The second-order valence-electron chi connectivity index (χ2n) is 12.7. The average Bonchev–Trinajstić information content (AvgIpc) is 2.88. The lowest BCUT2D eigenvalue weighted by Crippen LogP contribution is -2.48. The smallest absolute Gasteiger partial charge is 0.00963 e. The highest BCUT2D eigenvalue weighted by Crippen LogP contribution is 2.41. The average molecular weight is 445 g/mol. The van der Waals surface area contributed by atoms with Gasteiger partial charge in [-0.25, -0.2) is 0 Å². The molecule has 0 aromatic rings. The van der Waals surface area contributed by atoms with Crippen LogP contribution in [0.15, 0.2) is 0 Å². The monoisotopic (exact) mass is 444 g/mol. The van der Waals surface area contributed by atoms with Gasteiger partial charge >= 0.3 is 0 Å². The molecular formula is C30H56N2. The molecule has 4 rings (SSSR count). The Bertz CT molecular complexity index is 517. The molecule has 0 heterocycles. The van der Waals surface area contributed by atoms with Gasteiger partial charge < -0.3 is 9.80 Å². The van der Waals surface area contributed by atoms with E-state index >= 15 is 0 Å². The van der Waals surface area contributed by atoms with Gasteiger partial charge in [0.15, 0.2) is 0 Å². The van der Waals surface area contributed by atoms with Crippen molar-refractivity contribution in [2.75, 3.05) is 14.1 Å². The van der Waals surface area contributed by atoms with Crippen molar-refractivity contribution < 1.29 is 0 Å². The molecule has 0 amide bonds. The van der Waals surface area contributed by atoms with Crippen molar-refractivity contribution in [1.82, 2.24) is 9.80 Å².